The van der Waals surface area contributed by atoms with Crippen LogP contribution in [0.15, 0.2) is 71.3 Å². The summed E-state index contributed by atoms with van der Waals surface area (Å²) in [5.41, 5.74) is 1.98. The van der Waals surface area contributed by atoms with Crippen molar-refractivity contribution < 1.29 is 23.5 Å². The maximum atomic E-state index is 12.9. The minimum absolute atomic E-state index is 0.0315. The van der Waals surface area contributed by atoms with Crippen LogP contribution in [0.3, 0.4) is 0 Å². The summed E-state index contributed by atoms with van der Waals surface area (Å²) in [6, 6.07) is 19.9. The van der Waals surface area contributed by atoms with E-state index in [1.165, 1.54) is 0 Å². The van der Waals surface area contributed by atoms with Crippen LogP contribution in [0.2, 0.25) is 5.02 Å². The van der Waals surface area contributed by atoms with Crippen molar-refractivity contribution in [1.82, 2.24) is 15.5 Å². The van der Waals surface area contributed by atoms with Gasteiger partial charge in [-0.3, -0.25) is 4.79 Å². The fraction of sp³-hybridized carbons (Fsp3) is 0.160. The first kappa shape index (κ1) is 23.1. The number of carbonyl (C=O) groups is 1. The summed E-state index contributed by atoms with van der Waals surface area (Å²) in [5.74, 6) is 1.78. The molecule has 0 aliphatic rings. The highest BCUT2D eigenvalue weighted by Crippen LogP contribution is 2.31. The van der Waals surface area contributed by atoms with Crippen LogP contribution in [-0.4, -0.2) is 30.3 Å². The van der Waals surface area contributed by atoms with E-state index in [1.54, 1.807) is 50.6 Å². The van der Waals surface area contributed by atoms with Crippen molar-refractivity contribution >= 4 is 17.5 Å². The Bertz CT molecular complexity index is 1280. The molecule has 4 rings (SSSR count). The smallest absolute Gasteiger partial charge is 0.255 e. The molecule has 1 N–H and O–H groups in total. The van der Waals surface area contributed by atoms with Gasteiger partial charge in [-0.25, -0.2) is 0 Å². The molecule has 34 heavy (non-hydrogen) atoms. The van der Waals surface area contributed by atoms with Gasteiger partial charge in [0.05, 0.1) is 26.3 Å². The van der Waals surface area contributed by atoms with E-state index >= 15 is 0 Å². The molecule has 0 unspecified atom stereocenters. The molecule has 9 heteroatoms. The molecule has 0 radical (unpaired) electrons. The zero-order valence-corrected chi connectivity index (χ0v) is 19.3. The number of nitrogens with zero attached hydrogens (tertiary/aromatic N) is 2. The predicted octanol–water partition coefficient (Wildman–Crippen LogP) is 4.92. The molecule has 1 heterocycles. The summed E-state index contributed by atoms with van der Waals surface area (Å²) in [7, 11) is 3.11. The van der Waals surface area contributed by atoms with Crippen LogP contribution >= 0.6 is 11.6 Å². The van der Waals surface area contributed by atoms with Crippen LogP contribution < -0.4 is 19.5 Å². The fourth-order valence-corrected chi connectivity index (χ4v) is 3.38. The van der Waals surface area contributed by atoms with Gasteiger partial charge in [0.25, 0.3) is 5.91 Å². The Labute approximate surface area is 201 Å². The molecule has 8 nitrogen and oxygen atoms in total. The molecular weight excluding hydrogens is 458 g/mol. The van der Waals surface area contributed by atoms with Gasteiger partial charge in [0, 0.05) is 10.6 Å². The zero-order valence-electron chi connectivity index (χ0n) is 18.6. The summed E-state index contributed by atoms with van der Waals surface area (Å²) in [4.78, 5) is 17.2. The van der Waals surface area contributed by atoms with E-state index < -0.39 is 0 Å². The standard InChI is InChI=1S/C25H22ClN3O5/c1-31-21-10-8-17(12-22(21)32-2)24-28-23(34-29-24)14-27-25(30)19-13-18(26)9-11-20(19)33-15-16-6-4-3-5-7-16/h3-13H,14-15H2,1-2H3,(H,27,30). The van der Waals surface area contributed by atoms with Crippen molar-refractivity contribution in [3.8, 4) is 28.6 Å². The quantitative estimate of drug-likeness (QED) is 0.364. The van der Waals surface area contributed by atoms with Crippen molar-refractivity contribution in [2.24, 2.45) is 0 Å². The molecule has 1 amide bonds. The first-order valence-electron chi connectivity index (χ1n) is 10.4. The predicted molar refractivity (Wildman–Crippen MR) is 126 cm³/mol. The number of nitrogens with one attached hydrogen (secondary N) is 1. The molecule has 3 aromatic carbocycles. The summed E-state index contributed by atoms with van der Waals surface area (Å²) >= 11 is 6.12. The van der Waals surface area contributed by atoms with Gasteiger partial charge in [-0.2, -0.15) is 4.98 Å². The van der Waals surface area contributed by atoms with Gasteiger partial charge in [-0.15, -0.1) is 0 Å². The molecule has 1 aromatic heterocycles. The topological polar surface area (TPSA) is 95.7 Å². The average Bonchev–Trinajstić information content (AvgIpc) is 3.35. The second-order valence-electron chi connectivity index (χ2n) is 7.18. The number of benzene rings is 3. The first-order valence-corrected chi connectivity index (χ1v) is 10.7. The minimum Gasteiger partial charge on any atom is -0.493 e. The van der Waals surface area contributed by atoms with Crippen molar-refractivity contribution in [2.45, 2.75) is 13.2 Å². The molecule has 174 valence electrons. The van der Waals surface area contributed by atoms with Crippen LogP contribution in [0.1, 0.15) is 21.8 Å². The molecule has 0 saturated carbocycles. The lowest BCUT2D eigenvalue weighted by Gasteiger charge is -2.12. The van der Waals surface area contributed by atoms with E-state index in [0.29, 0.717) is 45.8 Å². The van der Waals surface area contributed by atoms with Gasteiger partial charge < -0.3 is 24.1 Å². The van der Waals surface area contributed by atoms with E-state index in [-0.39, 0.29) is 18.3 Å². The molecular formula is C25H22ClN3O5. The summed E-state index contributed by atoms with van der Waals surface area (Å²) in [6.07, 6.45) is 0. The molecule has 0 saturated heterocycles. The number of ether oxygens (including phenoxy) is 3. The number of carbonyl (C=O) groups excluding carboxylic acids is 1. The van der Waals surface area contributed by atoms with Crippen molar-refractivity contribution in [3.05, 3.63) is 88.8 Å². The van der Waals surface area contributed by atoms with Crippen LogP contribution in [0, 0.1) is 0 Å². The molecule has 0 spiro atoms. The Morgan fingerprint density at radius 1 is 0.971 bits per heavy atom. The lowest BCUT2D eigenvalue weighted by Crippen LogP contribution is -2.23. The van der Waals surface area contributed by atoms with Crippen molar-refractivity contribution in [3.63, 3.8) is 0 Å². The number of hydrogen-bond acceptors (Lipinski definition) is 7. The van der Waals surface area contributed by atoms with Crippen LogP contribution in [0.5, 0.6) is 17.2 Å². The number of amides is 1. The third kappa shape index (κ3) is 5.47. The van der Waals surface area contributed by atoms with Crippen LogP contribution in [0.4, 0.5) is 0 Å². The maximum Gasteiger partial charge on any atom is 0.255 e. The van der Waals surface area contributed by atoms with E-state index in [9.17, 15) is 4.79 Å². The van der Waals surface area contributed by atoms with Gasteiger partial charge in [0.1, 0.15) is 12.4 Å². The highest BCUT2D eigenvalue weighted by atomic mass is 35.5. The number of halogens is 1. The summed E-state index contributed by atoms with van der Waals surface area (Å²) in [5, 5.41) is 7.17. The Kier molecular flexibility index (Phi) is 7.29. The zero-order chi connectivity index (χ0) is 23.9. The molecule has 0 fully saturated rings. The summed E-state index contributed by atoms with van der Waals surface area (Å²) < 4.78 is 21.7. The van der Waals surface area contributed by atoms with E-state index in [0.717, 1.165) is 5.56 Å². The third-order valence-electron chi connectivity index (χ3n) is 4.93. The van der Waals surface area contributed by atoms with Crippen LogP contribution in [-0.2, 0) is 13.2 Å². The molecule has 4 aromatic rings. The van der Waals surface area contributed by atoms with Crippen molar-refractivity contribution in [1.29, 1.82) is 0 Å². The molecule has 0 aliphatic carbocycles. The Hall–Kier alpha value is -4.04. The largest absolute Gasteiger partial charge is 0.493 e. The Balaban J connectivity index is 1.43. The molecule has 0 atom stereocenters. The van der Waals surface area contributed by atoms with Gasteiger partial charge >= 0.3 is 0 Å². The summed E-state index contributed by atoms with van der Waals surface area (Å²) in [6.45, 7) is 0.352. The number of aromatic nitrogens is 2. The van der Waals surface area contributed by atoms with Gasteiger partial charge in [0.2, 0.25) is 11.7 Å². The number of hydrogen-bond donors (Lipinski definition) is 1. The lowest BCUT2D eigenvalue weighted by molar-refractivity contribution is 0.0941. The Morgan fingerprint density at radius 3 is 2.50 bits per heavy atom. The van der Waals surface area contributed by atoms with E-state index in [1.807, 2.05) is 30.3 Å². The van der Waals surface area contributed by atoms with Crippen LogP contribution in [0.25, 0.3) is 11.4 Å². The van der Waals surface area contributed by atoms with E-state index in [4.69, 9.17) is 30.3 Å². The maximum absolute atomic E-state index is 12.9. The van der Waals surface area contributed by atoms with Gasteiger partial charge in [-0.1, -0.05) is 47.1 Å². The monoisotopic (exact) mass is 479 g/mol. The second kappa shape index (κ2) is 10.7. The molecule has 0 bridgehead atoms. The highest BCUT2D eigenvalue weighted by Gasteiger charge is 2.16. The first-order chi connectivity index (χ1) is 16.6. The fourth-order valence-electron chi connectivity index (χ4n) is 3.21. The average molecular weight is 480 g/mol. The third-order valence-corrected chi connectivity index (χ3v) is 5.17. The van der Waals surface area contributed by atoms with Crippen molar-refractivity contribution in [2.75, 3.05) is 14.2 Å². The number of methoxy groups -OCH3 is 2. The minimum atomic E-state index is -0.378. The SMILES string of the molecule is COc1ccc(-c2noc(CNC(=O)c3cc(Cl)ccc3OCc3ccccc3)n2)cc1OC. The molecule has 0 aliphatic heterocycles. The lowest BCUT2D eigenvalue weighted by atomic mass is 10.2. The highest BCUT2D eigenvalue weighted by molar-refractivity contribution is 6.31. The Morgan fingerprint density at radius 2 is 1.74 bits per heavy atom. The number of rotatable bonds is 9. The van der Waals surface area contributed by atoms with Gasteiger partial charge in [-0.05, 0) is 42.0 Å². The van der Waals surface area contributed by atoms with E-state index in [2.05, 4.69) is 15.5 Å². The van der Waals surface area contributed by atoms with Gasteiger partial charge in [0.15, 0.2) is 11.5 Å². The second-order valence-corrected chi connectivity index (χ2v) is 7.62. The normalized spacial score (nSPS) is 10.6.